The Kier molecular flexibility index (Phi) is 1.62. The van der Waals surface area contributed by atoms with Crippen molar-refractivity contribution < 1.29 is 9.90 Å². The molecule has 2 rings (SSSR count). The van der Waals surface area contributed by atoms with Crippen molar-refractivity contribution in [2.24, 2.45) is 11.8 Å². The van der Waals surface area contributed by atoms with E-state index in [-0.39, 0.29) is 17.6 Å². The van der Waals surface area contributed by atoms with E-state index in [0.29, 0.717) is 6.42 Å². The van der Waals surface area contributed by atoms with Crippen LogP contribution in [0.1, 0.15) is 26.2 Å². The van der Waals surface area contributed by atoms with Gasteiger partial charge in [-0.3, -0.25) is 4.79 Å². The fourth-order valence-electron chi connectivity index (χ4n) is 2.47. The average Bonchev–Trinajstić information content (AvgIpc) is 2.52. The van der Waals surface area contributed by atoms with Crippen molar-refractivity contribution in [3.8, 4) is 0 Å². The molecule has 2 heteroatoms. The zero-order valence-electron chi connectivity index (χ0n) is 7.29. The lowest BCUT2D eigenvalue weighted by Gasteiger charge is -2.03. The van der Waals surface area contributed by atoms with Gasteiger partial charge in [0.1, 0.15) is 5.60 Å². The highest BCUT2D eigenvalue weighted by molar-refractivity contribution is 5.94. The van der Waals surface area contributed by atoms with Crippen molar-refractivity contribution in [1.82, 2.24) is 0 Å². The van der Waals surface area contributed by atoms with E-state index in [4.69, 9.17) is 0 Å². The van der Waals surface area contributed by atoms with Crippen molar-refractivity contribution >= 4 is 5.78 Å². The van der Waals surface area contributed by atoms with E-state index in [1.54, 1.807) is 0 Å². The highest BCUT2D eigenvalue weighted by atomic mass is 16.3. The van der Waals surface area contributed by atoms with Crippen LogP contribution < -0.4 is 0 Å². The second kappa shape index (κ2) is 2.43. The molecule has 0 spiro atoms. The highest BCUT2D eigenvalue weighted by Crippen LogP contribution is 2.60. The van der Waals surface area contributed by atoms with Crippen LogP contribution in [-0.4, -0.2) is 16.5 Å². The van der Waals surface area contributed by atoms with Crippen LogP contribution in [-0.2, 0) is 4.79 Å². The number of aliphatic hydroxyl groups is 1. The minimum Gasteiger partial charge on any atom is -0.381 e. The molecule has 0 unspecified atom stereocenters. The first-order valence-corrected chi connectivity index (χ1v) is 4.58. The standard InChI is InChI=1S/C10H14O2/c1-2-3-4-7-8-5-6-9(11)10(7,8)12/h2-3,7-8,12H,4-6H2,1H3/b3-2+/t7-,8+,10-/m0/s1. The maximum absolute atomic E-state index is 11.2. The molecule has 1 N–H and O–H groups in total. The Morgan fingerprint density at radius 3 is 3.00 bits per heavy atom. The lowest BCUT2D eigenvalue weighted by molar-refractivity contribution is -0.128. The summed E-state index contributed by atoms with van der Waals surface area (Å²) in [5, 5.41) is 9.84. The molecule has 2 saturated carbocycles. The minimum atomic E-state index is -0.903. The molecule has 66 valence electrons. The normalized spacial score (nSPS) is 45.3. The van der Waals surface area contributed by atoms with Gasteiger partial charge >= 0.3 is 0 Å². The lowest BCUT2D eigenvalue weighted by atomic mass is 10.1. The van der Waals surface area contributed by atoms with Crippen LogP contribution in [0.25, 0.3) is 0 Å². The van der Waals surface area contributed by atoms with E-state index in [1.807, 2.05) is 19.1 Å². The summed E-state index contributed by atoms with van der Waals surface area (Å²) in [7, 11) is 0. The van der Waals surface area contributed by atoms with Gasteiger partial charge in [-0.1, -0.05) is 12.2 Å². The first-order valence-electron chi connectivity index (χ1n) is 4.58. The summed E-state index contributed by atoms with van der Waals surface area (Å²) in [5.74, 6) is 0.582. The molecule has 0 bridgehead atoms. The van der Waals surface area contributed by atoms with E-state index >= 15 is 0 Å². The maximum Gasteiger partial charge on any atom is 0.164 e. The Morgan fingerprint density at radius 2 is 2.50 bits per heavy atom. The first kappa shape index (κ1) is 7.99. The Morgan fingerprint density at radius 1 is 1.75 bits per heavy atom. The zero-order valence-corrected chi connectivity index (χ0v) is 7.29. The second-order valence-electron chi connectivity index (χ2n) is 3.80. The molecule has 2 fully saturated rings. The molecule has 3 atom stereocenters. The summed E-state index contributed by atoms with van der Waals surface area (Å²) < 4.78 is 0. The molecule has 0 amide bonds. The van der Waals surface area contributed by atoms with Crippen molar-refractivity contribution in [2.75, 3.05) is 0 Å². The van der Waals surface area contributed by atoms with E-state index in [0.717, 1.165) is 12.8 Å². The predicted octanol–water partition coefficient (Wildman–Crippen LogP) is 1.29. The Balaban J connectivity index is 2.03. The molecule has 0 radical (unpaired) electrons. The van der Waals surface area contributed by atoms with Crippen LogP contribution in [0.5, 0.6) is 0 Å². The Labute approximate surface area is 72.3 Å². The number of Topliss-reactive ketones (excluding diaryl/α,β-unsaturated/α-hetero) is 1. The number of hydrogen-bond donors (Lipinski definition) is 1. The average molecular weight is 166 g/mol. The van der Waals surface area contributed by atoms with E-state index in [1.165, 1.54) is 0 Å². The van der Waals surface area contributed by atoms with Gasteiger partial charge in [-0.25, -0.2) is 0 Å². The quantitative estimate of drug-likeness (QED) is 0.628. The van der Waals surface area contributed by atoms with Crippen LogP contribution in [0.3, 0.4) is 0 Å². The fraction of sp³-hybridized carbons (Fsp3) is 0.700. The van der Waals surface area contributed by atoms with Gasteiger partial charge in [-0.2, -0.15) is 0 Å². The SMILES string of the molecule is C/C=C/C[C@H]1[C@H]2CCC(=O)[C@@]21O. The maximum atomic E-state index is 11.2. The molecule has 2 nitrogen and oxygen atoms in total. The van der Waals surface area contributed by atoms with Gasteiger partial charge in [0.2, 0.25) is 0 Å². The third-order valence-corrected chi connectivity index (χ3v) is 3.26. The number of rotatable bonds is 2. The summed E-state index contributed by atoms with van der Waals surface area (Å²) in [4.78, 5) is 11.2. The van der Waals surface area contributed by atoms with Crippen molar-refractivity contribution in [3.05, 3.63) is 12.2 Å². The Bertz CT molecular complexity index is 244. The number of fused-ring (bicyclic) bond motifs is 1. The monoisotopic (exact) mass is 166 g/mol. The van der Waals surface area contributed by atoms with Gasteiger partial charge in [-0.15, -0.1) is 0 Å². The first-order chi connectivity index (χ1) is 5.71. The molecule has 0 aromatic rings. The molecule has 0 aliphatic heterocycles. The zero-order chi connectivity index (χ0) is 8.77. The van der Waals surface area contributed by atoms with Crippen LogP contribution >= 0.6 is 0 Å². The molecule has 2 aliphatic rings. The highest BCUT2D eigenvalue weighted by Gasteiger charge is 2.70. The summed E-state index contributed by atoms with van der Waals surface area (Å²) in [6.07, 6.45) is 6.37. The number of ketones is 1. The van der Waals surface area contributed by atoms with Gasteiger partial charge in [-0.05, 0) is 19.8 Å². The molecule has 2 aliphatic carbocycles. The van der Waals surface area contributed by atoms with Crippen LogP contribution in [0, 0.1) is 11.8 Å². The number of hydrogen-bond acceptors (Lipinski definition) is 2. The topological polar surface area (TPSA) is 37.3 Å². The van der Waals surface area contributed by atoms with Crippen LogP contribution in [0.2, 0.25) is 0 Å². The Hall–Kier alpha value is -0.630. The number of allylic oxidation sites excluding steroid dienone is 2. The van der Waals surface area contributed by atoms with Gasteiger partial charge < -0.3 is 5.11 Å². The molecule has 0 aromatic carbocycles. The molecule has 0 saturated heterocycles. The summed E-state index contributed by atoms with van der Waals surface area (Å²) in [6, 6.07) is 0. The molecular formula is C10H14O2. The minimum absolute atomic E-state index is 0.0713. The third-order valence-electron chi connectivity index (χ3n) is 3.26. The predicted molar refractivity (Wildman–Crippen MR) is 45.6 cm³/mol. The van der Waals surface area contributed by atoms with Crippen molar-refractivity contribution in [2.45, 2.75) is 31.8 Å². The molecule has 12 heavy (non-hydrogen) atoms. The summed E-state index contributed by atoms with van der Waals surface area (Å²) >= 11 is 0. The largest absolute Gasteiger partial charge is 0.381 e. The van der Waals surface area contributed by atoms with Crippen LogP contribution in [0.15, 0.2) is 12.2 Å². The summed E-state index contributed by atoms with van der Waals surface area (Å²) in [5.41, 5.74) is -0.903. The van der Waals surface area contributed by atoms with Gasteiger partial charge in [0.05, 0.1) is 0 Å². The molecular weight excluding hydrogens is 152 g/mol. The summed E-state index contributed by atoms with van der Waals surface area (Å²) in [6.45, 7) is 1.96. The lowest BCUT2D eigenvalue weighted by Crippen LogP contribution is -2.21. The second-order valence-corrected chi connectivity index (χ2v) is 3.80. The van der Waals surface area contributed by atoms with Crippen LogP contribution in [0.4, 0.5) is 0 Å². The molecule has 0 heterocycles. The fourth-order valence-corrected chi connectivity index (χ4v) is 2.47. The van der Waals surface area contributed by atoms with E-state index in [9.17, 15) is 9.90 Å². The number of carbonyl (C=O) groups excluding carboxylic acids is 1. The van der Waals surface area contributed by atoms with Crippen molar-refractivity contribution in [3.63, 3.8) is 0 Å². The smallest absolute Gasteiger partial charge is 0.164 e. The number of carbonyl (C=O) groups is 1. The van der Waals surface area contributed by atoms with Crippen molar-refractivity contribution in [1.29, 1.82) is 0 Å². The van der Waals surface area contributed by atoms with E-state index in [2.05, 4.69) is 0 Å². The van der Waals surface area contributed by atoms with Gasteiger partial charge in [0.25, 0.3) is 0 Å². The third kappa shape index (κ3) is 0.816. The van der Waals surface area contributed by atoms with Gasteiger partial charge in [0.15, 0.2) is 5.78 Å². The van der Waals surface area contributed by atoms with E-state index < -0.39 is 5.60 Å². The van der Waals surface area contributed by atoms with Gasteiger partial charge in [0, 0.05) is 18.3 Å². The molecule has 0 aromatic heterocycles.